The molecule has 34 heavy (non-hydrogen) atoms. The third-order valence-corrected chi connectivity index (χ3v) is 5.15. The van der Waals surface area contributed by atoms with Crippen molar-refractivity contribution in [1.82, 2.24) is 0 Å². The van der Waals surface area contributed by atoms with E-state index in [2.05, 4.69) is 5.32 Å². The van der Waals surface area contributed by atoms with Crippen molar-refractivity contribution in [3.63, 3.8) is 0 Å². The number of anilines is 1. The van der Waals surface area contributed by atoms with Crippen LogP contribution in [0.5, 0.6) is 5.75 Å². The summed E-state index contributed by atoms with van der Waals surface area (Å²) in [7, 11) is 0. The molecule has 0 radical (unpaired) electrons. The highest BCUT2D eigenvalue weighted by atomic mass is 35.5. The van der Waals surface area contributed by atoms with E-state index in [4.69, 9.17) is 27.9 Å². The van der Waals surface area contributed by atoms with E-state index in [0.717, 1.165) is 29.3 Å². The zero-order chi connectivity index (χ0) is 24.9. The first-order chi connectivity index (χ1) is 16.1. The summed E-state index contributed by atoms with van der Waals surface area (Å²) in [6.07, 6.45) is -3.36. The van der Waals surface area contributed by atoms with E-state index in [-0.39, 0.29) is 39.2 Å². The summed E-state index contributed by atoms with van der Waals surface area (Å²) in [6.45, 7) is 2.12. The van der Waals surface area contributed by atoms with Crippen molar-refractivity contribution in [1.29, 1.82) is 5.26 Å². The first-order valence-corrected chi connectivity index (χ1v) is 10.6. The zero-order valence-corrected chi connectivity index (χ0v) is 19.2. The summed E-state index contributed by atoms with van der Waals surface area (Å²) in [5.74, 6) is -0.700. The molecule has 1 amide bonds. The molecule has 0 fully saturated rings. The highest BCUT2D eigenvalue weighted by Crippen LogP contribution is 2.35. The minimum Gasteiger partial charge on any atom is -0.487 e. The molecule has 0 aliphatic heterocycles. The number of amides is 1. The molecule has 0 heterocycles. The van der Waals surface area contributed by atoms with Crippen LogP contribution in [0.1, 0.15) is 22.3 Å². The van der Waals surface area contributed by atoms with Crippen LogP contribution in [0.4, 0.5) is 18.9 Å². The molecule has 0 atom stereocenters. The summed E-state index contributed by atoms with van der Waals surface area (Å²) in [6, 6.07) is 16.4. The minimum atomic E-state index is -4.57. The molecule has 4 nitrogen and oxygen atoms in total. The zero-order valence-electron chi connectivity index (χ0n) is 17.7. The van der Waals surface area contributed by atoms with Crippen LogP contribution in [0.25, 0.3) is 6.08 Å². The number of nitriles is 1. The number of halogens is 5. The Morgan fingerprint density at radius 1 is 1.12 bits per heavy atom. The Morgan fingerprint density at radius 2 is 1.82 bits per heavy atom. The van der Waals surface area contributed by atoms with Gasteiger partial charge in [0.1, 0.15) is 24.0 Å². The molecule has 0 aliphatic carbocycles. The fourth-order valence-electron chi connectivity index (χ4n) is 2.96. The average molecular weight is 505 g/mol. The Morgan fingerprint density at radius 3 is 2.47 bits per heavy atom. The summed E-state index contributed by atoms with van der Waals surface area (Å²) in [5.41, 5.74) is 0.801. The van der Waals surface area contributed by atoms with E-state index in [9.17, 15) is 23.2 Å². The van der Waals surface area contributed by atoms with Gasteiger partial charge in [0.2, 0.25) is 0 Å². The highest BCUT2D eigenvalue weighted by Gasteiger charge is 2.30. The first kappa shape index (κ1) is 25.2. The molecule has 0 unspecified atom stereocenters. The van der Waals surface area contributed by atoms with E-state index in [1.807, 2.05) is 31.2 Å². The predicted octanol–water partition coefficient (Wildman–Crippen LogP) is 7.45. The molecule has 0 aromatic heterocycles. The molecular weight excluding hydrogens is 488 g/mol. The molecule has 9 heteroatoms. The van der Waals surface area contributed by atoms with Crippen LogP contribution < -0.4 is 10.1 Å². The van der Waals surface area contributed by atoms with Gasteiger partial charge in [0.25, 0.3) is 5.91 Å². The molecule has 0 saturated heterocycles. The highest BCUT2D eigenvalue weighted by molar-refractivity contribution is 6.36. The smallest absolute Gasteiger partial charge is 0.416 e. The van der Waals surface area contributed by atoms with Crippen LogP contribution >= 0.6 is 23.2 Å². The number of ether oxygens (including phenoxy) is 1. The normalized spacial score (nSPS) is 11.6. The van der Waals surface area contributed by atoms with Gasteiger partial charge < -0.3 is 10.1 Å². The number of nitrogens with one attached hydrogen (secondary N) is 1. The predicted molar refractivity (Wildman–Crippen MR) is 126 cm³/mol. The third-order valence-electron chi connectivity index (χ3n) is 4.65. The summed E-state index contributed by atoms with van der Waals surface area (Å²) in [5, 5.41) is 12.2. The SMILES string of the molecule is Cc1ccc(COc2c(Cl)cc(Cl)cc2/C=C(\C#N)C(=O)Nc2cccc(C(F)(F)F)c2)cc1. The molecule has 0 bridgehead atoms. The molecular formula is C25H17Cl2F3N2O2. The van der Waals surface area contributed by atoms with Crippen LogP contribution in [0.15, 0.2) is 66.2 Å². The number of carbonyl (C=O) groups is 1. The van der Waals surface area contributed by atoms with E-state index in [0.29, 0.717) is 0 Å². The summed E-state index contributed by atoms with van der Waals surface area (Å²) >= 11 is 12.4. The van der Waals surface area contributed by atoms with Crippen molar-refractivity contribution in [3.05, 3.63) is 98.5 Å². The molecule has 1 N–H and O–H groups in total. The van der Waals surface area contributed by atoms with Gasteiger partial charge in [0, 0.05) is 16.3 Å². The molecule has 0 aliphatic rings. The van der Waals surface area contributed by atoms with Crippen LogP contribution in [0.2, 0.25) is 10.0 Å². The topological polar surface area (TPSA) is 62.1 Å². The minimum absolute atomic E-state index is 0.110. The maximum Gasteiger partial charge on any atom is 0.416 e. The number of hydrogen-bond donors (Lipinski definition) is 1. The number of rotatable bonds is 6. The summed E-state index contributed by atoms with van der Waals surface area (Å²) in [4.78, 5) is 12.6. The van der Waals surface area contributed by atoms with Crippen molar-refractivity contribution in [2.75, 3.05) is 5.32 Å². The number of aryl methyl sites for hydroxylation is 1. The third kappa shape index (κ3) is 6.53. The number of benzene rings is 3. The van der Waals surface area contributed by atoms with Crippen LogP contribution in [-0.2, 0) is 17.6 Å². The van der Waals surface area contributed by atoms with Gasteiger partial charge in [-0.15, -0.1) is 0 Å². The molecule has 3 aromatic rings. The Bertz CT molecular complexity index is 1280. The number of nitrogens with zero attached hydrogens (tertiary/aromatic N) is 1. The standard InChI is InChI=1S/C25H17Cl2F3N2O2/c1-15-5-7-16(8-6-15)14-34-23-17(10-20(26)12-22(23)27)9-18(13-31)24(33)32-21-4-2-3-19(11-21)25(28,29)30/h2-12H,14H2,1H3,(H,32,33)/b18-9+. The molecule has 3 aromatic carbocycles. The Balaban J connectivity index is 1.88. The van der Waals surface area contributed by atoms with Gasteiger partial charge in [-0.3, -0.25) is 4.79 Å². The molecule has 0 saturated carbocycles. The van der Waals surface area contributed by atoms with Gasteiger partial charge in [-0.1, -0.05) is 59.1 Å². The summed E-state index contributed by atoms with van der Waals surface area (Å²) < 4.78 is 44.7. The van der Waals surface area contributed by atoms with E-state index in [1.54, 1.807) is 6.07 Å². The lowest BCUT2D eigenvalue weighted by molar-refractivity contribution is -0.137. The Hall–Kier alpha value is -3.47. The second kappa shape index (κ2) is 10.6. The molecule has 0 spiro atoms. The van der Waals surface area contributed by atoms with Crippen molar-refractivity contribution in [2.45, 2.75) is 19.7 Å². The Kier molecular flexibility index (Phi) is 7.87. The maximum atomic E-state index is 12.9. The van der Waals surface area contributed by atoms with Gasteiger partial charge in [0.15, 0.2) is 0 Å². The first-order valence-electron chi connectivity index (χ1n) is 9.84. The lowest BCUT2D eigenvalue weighted by Crippen LogP contribution is -2.14. The van der Waals surface area contributed by atoms with Crippen molar-refractivity contribution >= 4 is 40.9 Å². The van der Waals surface area contributed by atoms with Crippen LogP contribution in [0, 0.1) is 18.3 Å². The molecule has 3 rings (SSSR count). The number of hydrogen-bond acceptors (Lipinski definition) is 3. The van der Waals surface area contributed by atoms with E-state index >= 15 is 0 Å². The van der Waals surface area contributed by atoms with Crippen LogP contribution in [0.3, 0.4) is 0 Å². The largest absolute Gasteiger partial charge is 0.487 e. The monoisotopic (exact) mass is 504 g/mol. The van der Waals surface area contributed by atoms with Gasteiger partial charge >= 0.3 is 6.18 Å². The fraction of sp³-hybridized carbons (Fsp3) is 0.120. The lowest BCUT2D eigenvalue weighted by Gasteiger charge is -2.13. The van der Waals surface area contributed by atoms with Gasteiger partial charge in [-0.25, -0.2) is 0 Å². The van der Waals surface area contributed by atoms with E-state index < -0.39 is 17.6 Å². The van der Waals surface area contributed by atoms with Gasteiger partial charge in [0.05, 0.1) is 10.6 Å². The van der Waals surface area contributed by atoms with Crippen LogP contribution in [-0.4, -0.2) is 5.91 Å². The lowest BCUT2D eigenvalue weighted by atomic mass is 10.1. The maximum absolute atomic E-state index is 12.9. The second-order valence-electron chi connectivity index (χ2n) is 7.28. The number of carbonyl (C=O) groups excluding carboxylic acids is 1. The Labute approximate surface area is 204 Å². The van der Waals surface area contributed by atoms with E-state index in [1.165, 1.54) is 24.3 Å². The van der Waals surface area contributed by atoms with Gasteiger partial charge in [-0.2, -0.15) is 18.4 Å². The van der Waals surface area contributed by atoms with Crippen molar-refractivity contribution < 1.29 is 22.7 Å². The average Bonchev–Trinajstić information content (AvgIpc) is 2.77. The number of alkyl halides is 3. The van der Waals surface area contributed by atoms with Crippen molar-refractivity contribution in [2.24, 2.45) is 0 Å². The second-order valence-corrected chi connectivity index (χ2v) is 8.13. The van der Waals surface area contributed by atoms with Gasteiger partial charge in [-0.05, 0) is 48.9 Å². The quantitative estimate of drug-likeness (QED) is 0.280. The molecule has 174 valence electrons. The fourth-order valence-corrected chi connectivity index (χ4v) is 3.52. The van der Waals surface area contributed by atoms with Crippen molar-refractivity contribution in [3.8, 4) is 11.8 Å².